The van der Waals surface area contributed by atoms with E-state index in [-0.39, 0.29) is 28.5 Å². The van der Waals surface area contributed by atoms with Gasteiger partial charge in [0.15, 0.2) is 5.69 Å². The van der Waals surface area contributed by atoms with Crippen molar-refractivity contribution in [1.82, 2.24) is 9.55 Å². The van der Waals surface area contributed by atoms with E-state index in [4.69, 9.17) is 20.5 Å². The molecule has 0 spiro atoms. The minimum absolute atomic E-state index is 0.0128. The number of nitrogen functional groups attached to an aromatic ring is 1. The largest absolute Gasteiger partial charge is 0.464 e. The van der Waals surface area contributed by atoms with Gasteiger partial charge in [0.05, 0.1) is 23.3 Å². The Morgan fingerprint density at radius 2 is 2.04 bits per heavy atom. The first-order chi connectivity index (χ1) is 13.5. The Kier molecular flexibility index (Phi) is 4.91. The first-order valence-corrected chi connectivity index (χ1v) is 7.83. The summed E-state index contributed by atoms with van der Waals surface area (Å²) in [7, 11) is 1.21. The predicted molar refractivity (Wildman–Crippen MR) is 97.2 cm³/mol. The van der Waals surface area contributed by atoms with Crippen molar-refractivity contribution in [3.05, 3.63) is 70.2 Å². The quantitative estimate of drug-likeness (QED) is 0.404. The average molecular weight is 379 g/mol. The summed E-state index contributed by atoms with van der Waals surface area (Å²) in [6.45, 7) is 0. The lowest BCUT2D eigenvalue weighted by Crippen LogP contribution is -2.11. The van der Waals surface area contributed by atoms with Crippen molar-refractivity contribution < 1.29 is 19.2 Å². The van der Waals surface area contributed by atoms with Gasteiger partial charge < -0.3 is 19.8 Å². The number of esters is 1. The highest BCUT2D eigenvalue weighted by atomic mass is 16.6. The van der Waals surface area contributed by atoms with Crippen LogP contribution in [0.5, 0.6) is 11.6 Å². The number of carbonyl (C=O) groups excluding carboxylic acids is 1. The SMILES string of the molecule is COC(=O)c1c(N)c(C#N)cn1-c1ccc(Oc2ncccc2[N+](=O)[O-])cc1. The molecule has 0 aliphatic heterocycles. The summed E-state index contributed by atoms with van der Waals surface area (Å²) in [5, 5.41) is 20.2. The molecule has 140 valence electrons. The molecule has 1 aromatic carbocycles. The number of nitro groups is 1. The molecule has 3 aromatic rings. The Morgan fingerprint density at radius 3 is 2.64 bits per heavy atom. The van der Waals surface area contributed by atoms with Crippen molar-refractivity contribution in [3.63, 3.8) is 0 Å². The zero-order valence-electron chi connectivity index (χ0n) is 14.5. The number of nitrogens with zero attached hydrogens (tertiary/aromatic N) is 4. The third-order valence-electron chi connectivity index (χ3n) is 3.82. The number of hydrogen-bond donors (Lipinski definition) is 1. The molecule has 2 aromatic heterocycles. The molecular formula is C18H13N5O5. The van der Waals surface area contributed by atoms with Gasteiger partial charge in [-0.25, -0.2) is 9.78 Å². The van der Waals surface area contributed by atoms with Crippen molar-refractivity contribution in [2.24, 2.45) is 0 Å². The fourth-order valence-electron chi connectivity index (χ4n) is 2.50. The Morgan fingerprint density at radius 1 is 1.32 bits per heavy atom. The van der Waals surface area contributed by atoms with E-state index >= 15 is 0 Å². The number of anilines is 1. The number of methoxy groups -OCH3 is 1. The van der Waals surface area contributed by atoms with E-state index in [0.717, 1.165) is 0 Å². The van der Waals surface area contributed by atoms with Gasteiger partial charge in [0.1, 0.15) is 11.8 Å². The van der Waals surface area contributed by atoms with E-state index < -0.39 is 10.9 Å². The number of carbonyl (C=O) groups is 1. The normalized spacial score (nSPS) is 10.1. The second-order valence-electron chi connectivity index (χ2n) is 5.46. The number of nitriles is 1. The summed E-state index contributed by atoms with van der Waals surface area (Å²) < 4.78 is 11.6. The van der Waals surface area contributed by atoms with Gasteiger partial charge in [-0.3, -0.25) is 10.1 Å². The zero-order chi connectivity index (χ0) is 20.3. The zero-order valence-corrected chi connectivity index (χ0v) is 14.5. The molecule has 0 aliphatic rings. The van der Waals surface area contributed by atoms with Crippen LogP contribution in [0.15, 0.2) is 48.8 Å². The molecule has 0 unspecified atom stereocenters. The Balaban J connectivity index is 1.96. The summed E-state index contributed by atoms with van der Waals surface area (Å²) in [6, 6.07) is 10.9. The number of benzene rings is 1. The molecule has 2 heterocycles. The molecule has 0 saturated heterocycles. The Hall–Kier alpha value is -4.39. The molecule has 3 rings (SSSR count). The van der Waals surface area contributed by atoms with Gasteiger partial charge in [-0.05, 0) is 30.3 Å². The van der Waals surface area contributed by atoms with Crippen molar-refractivity contribution >= 4 is 17.3 Å². The number of aromatic nitrogens is 2. The standard InChI is InChI=1S/C18H13N5O5/c1-27-18(24)16-15(20)11(9-19)10-22(16)12-4-6-13(7-5-12)28-17-14(23(25)26)3-2-8-21-17/h2-8,10H,20H2,1H3. The van der Waals surface area contributed by atoms with Crippen LogP contribution in [-0.2, 0) is 4.74 Å². The lowest BCUT2D eigenvalue weighted by Gasteiger charge is -2.10. The third-order valence-corrected chi connectivity index (χ3v) is 3.82. The minimum atomic E-state index is -0.691. The molecule has 0 fully saturated rings. The molecule has 28 heavy (non-hydrogen) atoms. The van der Waals surface area contributed by atoms with Gasteiger partial charge in [-0.1, -0.05) is 0 Å². The topological polar surface area (TPSA) is 146 Å². The first kappa shape index (κ1) is 18.4. The Labute approximate surface area is 158 Å². The first-order valence-electron chi connectivity index (χ1n) is 7.83. The molecule has 0 radical (unpaired) electrons. The van der Waals surface area contributed by atoms with Crippen molar-refractivity contribution in [2.45, 2.75) is 0 Å². The molecule has 10 nitrogen and oxygen atoms in total. The fraction of sp³-hybridized carbons (Fsp3) is 0.0556. The summed E-state index contributed by atoms with van der Waals surface area (Å²) in [4.78, 5) is 26.4. The molecule has 0 atom stereocenters. The molecule has 0 amide bonds. The molecule has 2 N–H and O–H groups in total. The van der Waals surface area contributed by atoms with E-state index in [1.807, 2.05) is 6.07 Å². The lowest BCUT2D eigenvalue weighted by atomic mass is 10.2. The van der Waals surface area contributed by atoms with Crippen LogP contribution < -0.4 is 10.5 Å². The van der Waals surface area contributed by atoms with E-state index in [1.54, 1.807) is 12.1 Å². The van der Waals surface area contributed by atoms with E-state index in [9.17, 15) is 14.9 Å². The van der Waals surface area contributed by atoms with Crippen molar-refractivity contribution in [1.29, 1.82) is 5.26 Å². The van der Waals surface area contributed by atoms with Gasteiger partial charge in [0, 0.05) is 24.1 Å². The van der Waals surface area contributed by atoms with Crippen molar-refractivity contribution in [3.8, 4) is 23.4 Å². The van der Waals surface area contributed by atoms with Crippen LogP contribution in [0, 0.1) is 21.4 Å². The van der Waals surface area contributed by atoms with E-state index in [0.29, 0.717) is 11.4 Å². The maximum Gasteiger partial charge on any atom is 0.357 e. The van der Waals surface area contributed by atoms with Crippen LogP contribution in [0.3, 0.4) is 0 Å². The maximum atomic E-state index is 12.0. The van der Waals surface area contributed by atoms with Crippen LogP contribution in [-0.4, -0.2) is 27.6 Å². The fourth-order valence-corrected chi connectivity index (χ4v) is 2.50. The highest BCUT2D eigenvalue weighted by Gasteiger charge is 2.22. The van der Waals surface area contributed by atoms with Crippen LogP contribution in [0.2, 0.25) is 0 Å². The number of rotatable bonds is 5. The van der Waals surface area contributed by atoms with Crippen LogP contribution >= 0.6 is 0 Å². The smallest absolute Gasteiger partial charge is 0.357 e. The van der Waals surface area contributed by atoms with Crippen LogP contribution in [0.25, 0.3) is 5.69 Å². The number of ether oxygens (including phenoxy) is 2. The average Bonchev–Trinajstić information content (AvgIpc) is 3.04. The minimum Gasteiger partial charge on any atom is -0.464 e. The molecular weight excluding hydrogens is 366 g/mol. The van der Waals surface area contributed by atoms with Gasteiger partial charge >= 0.3 is 11.7 Å². The van der Waals surface area contributed by atoms with Gasteiger partial charge in [-0.2, -0.15) is 5.26 Å². The highest BCUT2D eigenvalue weighted by molar-refractivity contribution is 5.95. The summed E-state index contributed by atoms with van der Waals surface area (Å²) >= 11 is 0. The summed E-state index contributed by atoms with van der Waals surface area (Å²) in [6.07, 6.45) is 2.80. The second kappa shape index (κ2) is 7.46. The third kappa shape index (κ3) is 3.32. The molecule has 0 bridgehead atoms. The highest BCUT2D eigenvalue weighted by Crippen LogP contribution is 2.30. The predicted octanol–water partition coefficient (Wildman–Crippen LogP) is 2.81. The lowest BCUT2D eigenvalue weighted by molar-refractivity contribution is -0.386. The van der Waals surface area contributed by atoms with Gasteiger partial charge in [0.2, 0.25) is 0 Å². The van der Waals surface area contributed by atoms with Crippen LogP contribution in [0.4, 0.5) is 11.4 Å². The van der Waals surface area contributed by atoms with Gasteiger partial charge in [-0.15, -0.1) is 0 Å². The second-order valence-corrected chi connectivity index (χ2v) is 5.46. The molecule has 0 saturated carbocycles. The van der Waals surface area contributed by atoms with Crippen LogP contribution in [0.1, 0.15) is 16.1 Å². The number of pyridine rings is 1. The molecule has 0 aliphatic carbocycles. The number of hydrogen-bond acceptors (Lipinski definition) is 8. The van der Waals surface area contributed by atoms with E-state index in [1.165, 1.54) is 48.3 Å². The maximum absolute atomic E-state index is 12.0. The monoisotopic (exact) mass is 379 g/mol. The Bertz CT molecular complexity index is 1100. The summed E-state index contributed by atoms with van der Waals surface area (Å²) in [5.74, 6) is -0.540. The number of nitrogens with two attached hydrogens (primary N) is 1. The summed E-state index contributed by atoms with van der Waals surface area (Å²) in [5.41, 5.74) is 6.27. The van der Waals surface area contributed by atoms with Gasteiger partial charge in [0.25, 0.3) is 5.88 Å². The molecule has 10 heteroatoms. The van der Waals surface area contributed by atoms with E-state index in [2.05, 4.69) is 4.98 Å². The van der Waals surface area contributed by atoms with Crippen molar-refractivity contribution in [2.75, 3.05) is 12.8 Å².